The fourth-order valence-electron chi connectivity index (χ4n) is 3.38. The summed E-state index contributed by atoms with van der Waals surface area (Å²) in [7, 11) is 0. The molecule has 0 bridgehead atoms. The Bertz CT molecular complexity index is 922. The number of anilines is 1. The standard InChI is InChI=1S/C18H17FN4O2S/c19-13-3-1-12(2-4-13)15(18(24)25)22-6-8-23(9-7-22)16-14-5-10-26-17(14)21-11-20-16/h1-5,10-11,15H,6-9H2,(H,24,25). The Labute approximate surface area is 153 Å². The maximum atomic E-state index is 13.2. The lowest BCUT2D eigenvalue weighted by molar-refractivity contribution is -0.143. The van der Waals surface area contributed by atoms with Gasteiger partial charge in [-0.15, -0.1) is 11.3 Å². The summed E-state index contributed by atoms with van der Waals surface area (Å²) in [6.45, 7) is 2.52. The number of fused-ring (bicyclic) bond motifs is 1. The van der Waals surface area contributed by atoms with Gasteiger partial charge in [0, 0.05) is 26.2 Å². The molecule has 3 aromatic rings. The van der Waals surface area contributed by atoms with Crippen molar-refractivity contribution in [2.75, 3.05) is 31.1 Å². The minimum Gasteiger partial charge on any atom is -0.480 e. The predicted molar refractivity (Wildman–Crippen MR) is 98.0 cm³/mol. The highest BCUT2D eigenvalue weighted by Gasteiger charge is 2.31. The summed E-state index contributed by atoms with van der Waals surface area (Å²) >= 11 is 1.58. The van der Waals surface area contributed by atoms with Gasteiger partial charge in [0.05, 0.1) is 5.39 Å². The van der Waals surface area contributed by atoms with Crippen molar-refractivity contribution in [3.63, 3.8) is 0 Å². The number of rotatable bonds is 4. The maximum absolute atomic E-state index is 13.2. The molecule has 1 aliphatic heterocycles. The van der Waals surface area contributed by atoms with E-state index in [2.05, 4.69) is 14.9 Å². The zero-order valence-electron chi connectivity index (χ0n) is 13.9. The molecular weight excluding hydrogens is 355 g/mol. The van der Waals surface area contributed by atoms with Crippen LogP contribution in [0.4, 0.5) is 10.2 Å². The van der Waals surface area contributed by atoms with E-state index >= 15 is 0 Å². The van der Waals surface area contributed by atoms with Crippen LogP contribution < -0.4 is 4.90 Å². The van der Waals surface area contributed by atoms with Gasteiger partial charge in [0.1, 0.15) is 28.8 Å². The largest absolute Gasteiger partial charge is 0.480 e. The Hall–Kier alpha value is -2.58. The number of carbonyl (C=O) groups is 1. The molecule has 8 heteroatoms. The van der Waals surface area contributed by atoms with Gasteiger partial charge in [0.25, 0.3) is 0 Å². The summed E-state index contributed by atoms with van der Waals surface area (Å²) in [6, 6.07) is 6.93. The third-order valence-electron chi connectivity index (χ3n) is 4.64. The highest BCUT2D eigenvalue weighted by atomic mass is 32.1. The fourth-order valence-corrected chi connectivity index (χ4v) is 4.10. The number of halogens is 1. The van der Waals surface area contributed by atoms with Crippen LogP contribution in [0.5, 0.6) is 0 Å². The number of thiophene rings is 1. The van der Waals surface area contributed by atoms with Crippen LogP contribution in [0.2, 0.25) is 0 Å². The lowest BCUT2D eigenvalue weighted by atomic mass is 10.0. The molecule has 1 aliphatic rings. The van der Waals surface area contributed by atoms with Crippen molar-refractivity contribution in [3.05, 3.63) is 53.4 Å². The van der Waals surface area contributed by atoms with Gasteiger partial charge in [-0.1, -0.05) is 12.1 Å². The highest BCUT2D eigenvalue weighted by Crippen LogP contribution is 2.29. The first-order valence-corrected chi connectivity index (χ1v) is 9.17. The SMILES string of the molecule is O=C(O)C(c1ccc(F)cc1)N1CCN(c2ncnc3sccc23)CC1. The van der Waals surface area contributed by atoms with Crippen molar-refractivity contribution in [1.82, 2.24) is 14.9 Å². The monoisotopic (exact) mass is 372 g/mol. The molecule has 0 aliphatic carbocycles. The predicted octanol–water partition coefficient (Wildman–Crippen LogP) is 2.78. The van der Waals surface area contributed by atoms with Crippen molar-refractivity contribution in [1.29, 1.82) is 0 Å². The van der Waals surface area contributed by atoms with Crippen LogP contribution in [0, 0.1) is 5.82 Å². The molecule has 1 saturated heterocycles. The molecule has 0 spiro atoms. The summed E-state index contributed by atoms with van der Waals surface area (Å²) in [5.41, 5.74) is 0.592. The molecule has 134 valence electrons. The number of aromatic nitrogens is 2. The molecule has 1 atom stereocenters. The van der Waals surface area contributed by atoms with Crippen molar-refractivity contribution >= 4 is 33.3 Å². The van der Waals surface area contributed by atoms with Crippen LogP contribution >= 0.6 is 11.3 Å². The number of aliphatic carboxylic acids is 1. The lowest BCUT2D eigenvalue weighted by Crippen LogP contribution is -2.49. The van der Waals surface area contributed by atoms with Crippen molar-refractivity contribution in [2.45, 2.75) is 6.04 Å². The number of carboxylic acids is 1. The molecule has 0 amide bonds. The highest BCUT2D eigenvalue weighted by molar-refractivity contribution is 7.16. The molecule has 26 heavy (non-hydrogen) atoms. The second-order valence-corrected chi connectivity index (χ2v) is 7.05. The third-order valence-corrected chi connectivity index (χ3v) is 5.46. The Morgan fingerprint density at radius 1 is 1.12 bits per heavy atom. The van der Waals surface area contributed by atoms with Crippen molar-refractivity contribution in [3.8, 4) is 0 Å². The Balaban J connectivity index is 1.52. The number of benzene rings is 1. The number of piperazine rings is 1. The Morgan fingerprint density at radius 3 is 2.54 bits per heavy atom. The van der Waals surface area contributed by atoms with Crippen LogP contribution in [0.15, 0.2) is 42.0 Å². The Kier molecular flexibility index (Phi) is 4.52. The average Bonchev–Trinajstić information content (AvgIpc) is 3.13. The van der Waals surface area contributed by atoms with Crippen LogP contribution in [0.3, 0.4) is 0 Å². The quantitative estimate of drug-likeness (QED) is 0.760. The smallest absolute Gasteiger partial charge is 0.325 e. The van der Waals surface area contributed by atoms with E-state index in [9.17, 15) is 14.3 Å². The van der Waals surface area contributed by atoms with Gasteiger partial charge >= 0.3 is 5.97 Å². The van der Waals surface area contributed by atoms with Crippen LogP contribution in [-0.4, -0.2) is 52.1 Å². The second kappa shape index (κ2) is 6.97. The minimum atomic E-state index is -0.924. The normalized spacial score (nSPS) is 16.7. The van der Waals surface area contributed by atoms with E-state index in [0.717, 1.165) is 16.0 Å². The maximum Gasteiger partial charge on any atom is 0.325 e. The van der Waals surface area contributed by atoms with Gasteiger partial charge in [-0.2, -0.15) is 0 Å². The van der Waals surface area contributed by atoms with Crippen LogP contribution in [0.1, 0.15) is 11.6 Å². The van der Waals surface area contributed by atoms with Gasteiger partial charge in [0.2, 0.25) is 0 Å². The molecule has 4 rings (SSSR count). The van der Waals surface area contributed by atoms with Crippen molar-refractivity contribution < 1.29 is 14.3 Å². The van der Waals surface area contributed by atoms with E-state index in [4.69, 9.17) is 0 Å². The summed E-state index contributed by atoms with van der Waals surface area (Å²) in [5.74, 6) is -0.400. The number of hydrogen-bond donors (Lipinski definition) is 1. The minimum absolute atomic E-state index is 0.369. The van der Waals surface area contributed by atoms with Crippen LogP contribution in [0.25, 0.3) is 10.2 Å². The van der Waals surface area contributed by atoms with Gasteiger partial charge in [-0.3, -0.25) is 9.69 Å². The molecule has 1 N–H and O–H groups in total. The van der Waals surface area contributed by atoms with E-state index in [1.807, 2.05) is 16.3 Å². The molecule has 3 heterocycles. The van der Waals surface area contributed by atoms with Crippen LogP contribution in [-0.2, 0) is 4.79 Å². The Morgan fingerprint density at radius 2 is 1.85 bits per heavy atom. The van der Waals surface area contributed by atoms with E-state index < -0.39 is 12.0 Å². The molecule has 1 aromatic carbocycles. The van der Waals surface area contributed by atoms with Gasteiger partial charge < -0.3 is 10.0 Å². The molecule has 6 nitrogen and oxygen atoms in total. The fraction of sp³-hybridized carbons (Fsp3) is 0.278. The summed E-state index contributed by atoms with van der Waals surface area (Å²) in [6.07, 6.45) is 1.57. The zero-order valence-corrected chi connectivity index (χ0v) is 14.7. The average molecular weight is 372 g/mol. The molecular formula is C18H17FN4O2S. The molecule has 1 unspecified atom stereocenters. The first-order valence-electron chi connectivity index (χ1n) is 8.29. The van der Waals surface area contributed by atoms with Crippen molar-refractivity contribution in [2.24, 2.45) is 0 Å². The number of hydrogen-bond acceptors (Lipinski definition) is 6. The van der Waals surface area contributed by atoms with E-state index in [1.54, 1.807) is 29.8 Å². The van der Waals surface area contributed by atoms with E-state index in [-0.39, 0.29) is 5.82 Å². The zero-order chi connectivity index (χ0) is 18.1. The lowest BCUT2D eigenvalue weighted by Gasteiger charge is -2.38. The molecule has 1 fully saturated rings. The van der Waals surface area contributed by atoms with Gasteiger partial charge in [-0.25, -0.2) is 14.4 Å². The molecule has 2 aromatic heterocycles. The van der Waals surface area contributed by atoms with Gasteiger partial charge in [-0.05, 0) is 29.1 Å². The first kappa shape index (κ1) is 16.9. The summed E-state index contributed by atoms with van der Waals surface area (Å²) in [5, 5.41) is 12.7. The topological polar surface area (TPSA) is 69.6 Å². The van der Waals surface area contributed by atoms with Gasteiger partial charge in [0.15, 0.2) is 0 Å². The summed E-state index contributed by atoms with van der Waals surface area (Å²) in [4.78, 5) is 25.5. The van der Waals surface area contributed by atoms with E-state index in [0.29, 0.717) is 31.7 Å². The molecule has 0 saturated carbocycles. The summed E-state index contributed by atoms with van der Waals surface area (Å²) < 4.78 is 13.2. The second-order valence-electron chi connectivity index (χ2n) is 6.15. The number of nitrogens with zero attached hydrogens (tertiary/aromatic N) is 4. The van der Waals surface area contributed by atoms with E-state index in [1.165, 1.54) is 12.1 Å². The molecule has 0 radical (unpaired) electrons. The number of carboxylic acid groups (broad SMARTS) is 1. The third kappa shape index (κ3) is 3.13. The first-order chi connectivity index (χ1) is 12.6.